The molecule has 0 aliphatic carbocycles. The summed E-state index contributed by atoms with van der Waals surface area (Å²) < 4.78 is 43.3. The van der Waals surface area contributed by atoms with Gasteiger partial charge < -0.3 is 9.72 Å². The number of hydrogen-bond acceptors (Lipinski definition) is 3. The summed E-state index contributed by atoms with van der Waals surface area (Å²) in [4.78, 5) is 14.3. The van der Waals surface area contributed by atoms with E-state index < -0.39 is 23.7 Å². The summed E-state index contributed by atoms with van der Waals surface area (Å²) in [6.45, 7) is -3.14. The van der Waals surface area contributed by atoms with Crippen molar-refractivity contribution in [1.29, 1.82) is 0 Å². The van der Waals surface area contributed by atoms with Gasteiger partial charge in [-0.1, -0.05) is 6.07 Å². The van der Waals surface area contributed by atoms with Gasteiger partial charge in [-0.25, -0.2) is 8.91 Å². The third-order valence-corrected chi connectivity index (χ3v) is 2.90. The van der Waals surface area contributed by atoms with Crippen LogP contribution in [-0.2, 0) is 0 Å². The quantitative estimate of drug-likeness (QED) is 0.807. The van der Waals surface area contributed by atoms with E-state index in [1.54, 1.807) is 0 Å². The molecule has 1 aromatic carbocycles. The van der Waals surface area contributed by atoms with E-state index in [0.29, 0.717) is 11.1 Å². The van der Waals surface area contributed by atoms with E-state index in [9.17, 15) is 18.0 Å². The first kappa shape index (κ1) is 13.2. The highest BCUT2D eigenvalue weighted by atomic mass is 19.3. The molecule has 3 aromatic rings. The van der Waals surface area contributed by atoms with Crippen LogP contribution in [0, 0.1) is 5.82 Å². The van der Waals surface area contributed by atoms with Crippen molar-refractivity contribution in [2.24, 2.45) is 0 Å². The SMILES string of the molecule is O=c1[nH]ccn2ncc(-c3ccc(F)c(OC(F)F)c3)c12. The zero-order valence-corrected chi connectivity index (χ0v) is 10.4. The smallest absolute Gasteiger partial charge is 0.387 e. The zero-order valence-electron chi connectivity index (χ0n) is 10.4. The van der Waals surface area contributed by atoms with Gasteiger partial charge in [0.25, 0.3) is 5.56 Å². The van der Waals surface area contributed by atoms with Crippen molar-refractivity contribution in [3.05, 3.63) is 53.0 Å². The molecule has 108 valence electrons. The lowest BCUT2D eigenvalue weighted by atomic mass is 10.1. The number of benzene rings is 1. The monoisotopic (exact) mass is 295 g/mol. The maximum absolute atomic E-state index is 13.4. The fourth-order valence-corrected chi connectivity index (χ4v) is 2.02. The summed E-state index contributed by atoms with van der Waals surface area (Å²) in [7, 11) is 0. The predicted molar refractivity (Wildman–Crippen MR) is 67.8 cm³/mol. The molecule has 0 aliphatic rings. The van der Waals surface area contributed by atoms with Crippen molar-refractivity contribution in [3.8, 4) is 16.9 Å². The van der Waals surface area contributed by atoms with Crippen LogP contribution in [-0.4, -0.2) is 21.2 Å². The largest absolute Gasteiger partial charge is 0.432 e. The second kappa shape index (κ2) is 4.97. The number of halogens is 3. The first-order chi connectivity index (χ1) is 10.1. The molecule has 0 fully saturated rings. The fourth-order valence-electron chi connectivity index (χ4n) is 2.02. The van der Waals surface area contributed by atoms with Gasteiger partial charge in [0.15, 0.2) is 11.6 Å². The van der Waals surface area contributed by atoms with Crippen molar-refractivity contribution in [1.82, 2.24) is 14.6 Å². The third kappa shape index (κ3) is 2.35. The van der Waals surface area contributed by atoms with Gasteiger partial charge in [-0.3, -0.25) is 4.79 Å². The Morgan fingerprint density at radius 1 is 1.33 bits per heavy atom. The number of ether oxygens (including phenoxy) is 1. The van der Waals surface area contributed by atoms with Crippen molar-refractivity contribution in [2.75, 3.05) is 0 Å². The minimum absolute atomic E-state index is 0.229. The molecule has 0 atom stereocenters. The number of rotatable bonds is 3. The predicted octanol–water partition coefficient (Wildman–Crippen LogP) is 2.43. The molecule has 3 rings (SSSR count). The van der Waals surface area contributed by atoms with E-state index in [1.807, 2.05) is 0 Å². The highest BCUT2D eigenvalue weighted by Gasteiger charge is 2.15. The van der Waals surface area contributed by atoms with Crippen LogP contribution < -0.4 is 10.3 Å². The minimum Gasteiger partial charge on any atom is -0.432 e. The molecule has 0 saturated heterocycles. The van der Waals surface area contributed by atoms with Crippen LogP contribution in [0.15, 0.2) is 41.6 Å². The average Bonchev–Trinajstić information content (AvgIpc) is 2.86. The number of nitrogens with one attached hydrogen (secondary N) is 1. The Kier molecular flexibility index (Phi) is 3.13. The summed E-state index contributed by atoms with van der Waals surface area (Å²) in [5.74, 6) is -1.50. The molecule has 5 nitrogen and oxygen atoms in total. The lowest BCUT2D eigenvalue weighted by Gasteiger charge is -2.07. The average molecular weight is 295 g/mol. The minimum atomic E-state index is -3.14. The Hall–Kier alpha value is -2.77. The highest BCUT2D eigenvalue weighted by molar-refractivity contribution is 5.79. The van der Waals surface area contributed by atoms with Crippen molar-refractivity contribution in [2.45, 2.75) is 6.61 Å². The van der Waals surface area contributed by atoms with Gasteiger partial charge in [0, 0.05) is 18.0 Å². The summed E-state index contributed by atoms with van der Waals surface area (Å²) >= 11 is 0. The second-order valence-electron chi connectivity index (χ2n) is 4.16. The molecule has 21 heavy (non-hydrogen) atoms. The Balaban J connectivity index is 2.17. The summed E-state index contributed by atoms with van der Waals surface area (Å²) in [6.07, 6.45) is 4.34. The van der Waals surface area contributed by atoms with E-state index in [2.05, 4.69) is 14.8 Å². The first-order valence-corrected chi connectivity index (χ1v) is 5.86. The molecule has 0 spiro atoms. The van der Waals surface area contributed by atoms with Crippen LogP contribution in [0.5, 0.6) is 5.75 Å². The Labute approximate surface area is 115 Å². The van der Waals surface area contributed by atoms with Gasteiger partial charge in [-0.15, -0.1) is 0 Å². The lowest BCUT2D eigenvalue weighted by molar-refractivity contribution is -0.0521. The van der Waals surface area contributed by atoms with Gasteiger partial charge in [-0.2, -0.15) is 13.9 Å². The van der Waals surface area contributed by atoms with Crippen LogP contribution in [0.25, 0.3) is 16.6 Å². The van der Waals surface area contributed by atoms with Crippen molar-refractivity contribution >= 4 is 5.52 Å². The van der Waals surface area contributed by atoms with Crippen LogP contribution in [0.4, 0.5) is 13.2 Å². The van der Waals surface area contributed by atoms with Crippen LogP contribution in [0.1, 0.15) is 0 Å². The number of H-pyrrole nitrogens is 1. The summed E-state index contributed by atoms with van der Waals surface area (Å²) in [5.41, 5.74) is 0.562. The van der Waals surface area contributed by atoms with Crippen molar-refractivity contribution in [3.63, 3.8) is 0 Å². The molecular weight excluding hydrogens is 287 g/mol. The van der Waals surface area contributed by atoms with E-state index in [0.717, 1.165) is 12.1 Å². The van der Waals surface area contributed by atoms with Gasteiger partial charge >= 0.3 is 6.61 Å². The van der Waals surface area contributed by atoms with E-state index >= 15 is 0 Å². The van der Waals surface area contributed by atoms with Gasteiger partial charge in [0.1, 0.15) is 5.52 Å². The summed E-state index contributed by atoms with van der Waals surface area (Å²) in [5, 5.41) is 3.98. The molecule has 0 saturated carbocycles. The van der Waals surface area contributed by atoms with Crippen LogP contribution in [0.3, 0.4) is 0 Å². The third-order valence-electron chi connectivity index (χ3n) is 2.90. The van der Waals surface area contributed by atoms with Crippen LogP contribution in [0.2, 0.25) is 0 Å². The molecule has 0 radical (unpaired) electrons. The lowest BCUT2D eigenvalue weighted by Crippen LogP contribution is -2.09. The molecule has 2 heterocycles. The number of alkyl halides is 2. The van der Waals surface area contributed by atoms with E-state index in [4.69, 9.17) is 0 Å². The molecule has 0 unspecified atom stereocenters. The molecule has 0 amide bonds. The Bertz CT molecular complexity index is 857. The number of fused-ring (bicyclic) bond motifs is 1. The van der Waals surface area contributed by atoms with Gasteiger partial charge in [-0.05, 0) is 17.7 Å². The fraction of sp³-hybridized carbons (Fsp3) is 0.0769. The van der Waals surface area contributed by atoms with E-state index in [1.165, 1.54) is 29.2 Å². The van der Waals surface area contributed by atoms with Gasteiger partial charge in [0.05, 0.1) is 6.20 Å². The Morgan fingerprint density at radius 3 is 2.90 bits per heavy atom. The maximum atomic E-state index is 13.4. The second-order valence-corrected chi connectivity index (χ2v) is 4.16. The molecular formula is C13H8F3N3O2. The zero-order chi connectivity index (χ0) is 15.0. The number of hydrogen-bond donors (Lipinski definition) is 1. The molecule has 1 N–H and O–H groups in total. The molecule has 0 bridgehead atoms. The van der Waals surface area contributed by atoms with Crippen LogP contribution >= 0.6 is 0 Å². The number of aromatic amines is 1. The Morgan fingerprint density at radius 2 is 2.14 bits per heavy atom. The number of nitrogens with zero attached hydrogens (tertiary/aromatic N) is 2. The molecule has 8 heteroatoms. The highest BCUT2D eigenvalue weighted by Crippen LogP contribution is 2.29. The summed E-state index contributed by atoms with van der Waals surface area (Å²) in [6, 6.07) is 3.45. The maximum Gasteiger partial charge on any atom is 0.387 e. The topological polar surface area (TPSA) is 59.4 Å². The molecule has 0 aliphatic heterocycles. The number of aromatic nitrogens is 3. The first-order valence-electron chi connectivity index (χ1n) is 5.86. The van der Waals surface area contributed by atoms with E-state index in [-0.39, 0.29) is 5.52 Å². The van der Waals surface area contributed by atoms with Gasteiger partial charge in [0.2, 0.25) is 0 Å². The molecule has 2 aromatic heterocycles. The van der Waals surface area contributed by atoms with Crippen molar-refractivity contribution < 1.29 is 17.9 Å². The standard InChI is InChI=1S/C13H8F3N3O2/c14-9-2-1-7(5-10(9)21-13(15)16)8-6-18-19-4-3-17-12(20)11(8)19/h1-6,13H,(H,17,20). The normalized spacial score (nSPS) is 11.2.